The summed E-state index contributed by atoms with van der Waals surface area (Å²) in [6.45, 7) is 3.61. The quantitative estimate of drug-likeness (QED) is 0.590. The molecule has 0 aliphatic carbocycles. The average Bonchev–Trinajstić information content (AvgIpc) is 2.29. The van der Waals surface area contributed by atoms with Crippen LogP contribution in [-0.4, -0.2) is 0 Å². The summed E-state index contributed by atoms with van der Waals surface area (Å²) in [6, 6.07) is 1.38. The van der Waals surface area contributed by atoms with Crippen LogP contribution in [0.2, 0.25) is 0 Å². The largest absolute Gasteiger partial charge is 0.364 e. The molecule has 0 saturated carbocycles. The van der Waals surface area contributed by atoms with Gasteiger partial charge in [-0.2, -0.15) is 8.63 Å². The van der Waals surface area contributed by atoms with Crippen molar-refractivity contribution in [3.63, 3.8) is 0 Å². The Hall–Kier alpha value is -1.03. The number of hydrogen-bond acceptors (Lipinski definition) is 1. The maximum Gasteiger partial charge on any atom is 0.364 e. The van der Waals surface area contributed by atoms with Crippen molar-refractivity contribution >= 4 is 15.9 Å². The second-order valence-corrected chi connectivity index (χ2v) is 3.39. The van der Waals surface area contributed by atoms with E-state index in [1.807, 2.05) is 0 Å². The van der Waals surface area contributed by atoms with Crippen molar-refractivity contribution in [2.24, 2.45) is 4.99 Å². The highest BCUT2D eigenvalue weighted by molar-refractivity contribution is 9.10. The highest BCUT2D eigenvalue weighted by Crippen LogP contribution is 2.05. The van der Waals surface area contributed by atoms with Gasteiger partial charge in [0.2, 0.25) is 11.5 Å². The molecule has 60 valence electrons. The van der Waals surface area contributed by atoms with Crippen molar-refractivity contribution in [3.8, 4) is 0 Å². The first kappa shape index (κ1) is 7.61. The lowest BCUT2D eigenvalue weighted by atomic mass is 10.5. The predicted molar refractivity (Wildman–Crippen MR) is 44.3 cm³/mol. The van der Waals surface area contributed by atoms with Gasteiger partial charge in [0.1, 0.15) is 12.4 Å². The summed E-state index contributed by atoms with van der Waals surface area (Å²) in [4.78, 5) is 3.91. The minimum atomic E-state index is -0.348. The van der Waals surface area contributed by atoms with Gasteiger partial charge in [-0.05, 0) is 27.5 Å². The Bertz CT molecular complexity index is 479. The van der Waals surface area contributed by atoms with Crippen LogP contribution in [0, 0.1) is 12.0 Å². The summed E-state index contributed by atoms with van der Waals surface area (Å²) in [7, 11) is 0. The molecule has 0 radical (unpaired) electrons. The Morgan fingerprint density at radius 1 is 1.58 bits per heavy atom. The van der Waals surface area contributed by atoms with Crippen molar-refractivity contribution in [2.45, 2.75) is 0 Å². The lowest BCUT2D eigenvalue weighted by molar-refractivity contribution is -0.524. The summed E-state index contributed by atoms with van der Waals surface area (Å²) in [6.07, 6.45) is 3.41. The molecular weight excluding hydrogens is 223 g/mol. The number of nitrogens with zero attached hydrogens (tertiary/aromatic N) is 2. The molecule has 0 fully saturated rings. The van der Waals surface area contributed by atoms with Gasteiger partial charge in [-0.25, -0.2) is 0 Å². The third-order valence-electron chi connectivity index (χ3n) is 1.52. The zero-order valence-corrected chi connectivity index (χ0v) is 7.68. The Morgan fingerprint density at radius 2 is 2.33 bits per heavy atom. The van der Waals surface area contributed by atoms with Crippen LogP contribution in [-0.2, 0) is 0 Å². The topological polar surface area (TPSA) is 18.3 Å². The van der Waals surface area contributed by atoms with Gasteiger partial charge in [0.25, 0.3) is 0 Å². The molecule has 0 bridgehead atoms. The van der Waals surface area contributed by atoms with E-state index >= 15 is 0 Å². The van der Waals surface area contributed by atoms with E-state index in [0.29, 0.717) is 15.7 Å². The molecule has 1 aliphatic heterocycles. The predicted octanol–water partition coefficient (Wildman–Crippen LogP) is 1.03. The van der Waals surface area contributed by atoms with Gasteiger partial charge < -0.3 is 0 Å². The van der Waals surface area contributed by atoms with E-state index in [1.165, 1.54) is 6.07 Å². The van der Waals surface area contributed by atoms with Crippen LogP contribution in [0.1, 0.15) is 0 Å². The highest BCUT2D eigenvalue weighted by atomic mass is 79.9. The summed E-state index contributed by atoms with van der Waals surface area (Å²) < 4.78 is 15.4. The molecule has 0 saturated heterocycles. The van der Waals surface area contributed by atoms with Crippen LogP contribution in [0.5, 0.6) is 0 Å². The molecule has 0 amide bonds. The molecule has 0 unspecified atom stereocenters. The van der Waals surface area contributed by atoms with Crippen molar-refractivity contribution in [3.05, 3.63) is 46.5 Å². The maximum absolute atomic E-state index is 13.1. The molecule has 1 aromatic heterocycles. The fourth-order valence-corrected chi connectivity index (χ4v) is 1.50. The Labute approximate surface area is 76.5 Å². The van der Waals surface area contributed by atoms with Gasteiger partial charge in [0, 0.05) is 6.07 Å². The Kier molecular flexibility index (Phi) is 1.58. The van der Waals surface area contributed by atoms with Crippen molar-refractivity contribution in [1.82, 2.24) is 0 Å². The monoisotopic (exact) mass is 227 g/mol. The molecule has 2 nitrogen and oxygen atoms in total. The number of hydrogen-bond donors (Lipinski definition) is 0. The van der Waals surface area contributed by atoms with E-state index in [1.54, 1.807) is 16.7 Å². The zero-order valence-electron chi connectivity index (χ0n) is 6.09. The standard InChI is InChI=1S/C8H5BrFN2/c1-5-3-12-4-6(9)2-7(10)8(12)11-5/h2-4H,1H2/q+1. The minimum Gasteiger partial charge on any atom is -0.198 e. The molecule has 1 aliphatic rings. The van der Waals surface area contributed by atoms with Crippen LogP contribution in [0.15, 0.2) is 34.0 Å². The van der Waals surface area contributed by atoms with Crippen LogP contribution >= 0.6 is 15.9 Å². The minimum absolute atomic E-state index is 0.309. The molecule has 12 heavy (non-hydrogen) atoms. The summed E-state index contributed by atoms with van der Waals surface area (Å²) in [5.41, 5.74) is 0.871. The smallest absolute Gasteiger partial charge is 0.198 e. The second kappa shape index (κ2) is 2.48. The average molecular weight is 228 g/mol. The second-order valence-electron chi connectivity index (χ2n) is 2.47. The molecule has 0 aromatic carbocycles. The van der Waals surface area contributed by atoms with Gasteiger partial charge in [-0.3, -0.25) is 0 Å². The first-order valence-corrected chi connectivity index (χ1v) is 4.12. The molecule has 4 heteroatoms. The van der Waals surface area contributed by atoms with Crippen molar-refractivity contribution in [1.29, 1.82) is 0 Å². The maximum atomic E-state index is 13.1. The molecule has 0 atom stereocenters. The van der Waals surface area contributed by atoms with Gasteiger partial charge >= 0.3 is 5.49 Å². The summed E-state index contributed by atoms with van der Waals surface area (Å²) in [5.74, 6) is -0.348. The fraction of sp³-hybridized carbons (Fsp3) is 0. The third-order valence-corrected chi connectivity index (χ3v) is 1.96. The normalized spacial score (nSPS) is 13.7. The van der Waals surface area contributed by atoms with Crippen LogP contribution < -0.4 is 9.73 Å². The van der Waals surface area contributed by atoms with Gasteiger partial charge in [-0.1, -0.05) is 0 Å². The molecule has 0 N–H and O–H groups in total. The number of aromatic nitrogens is 1. The van der Waals surface area contributed by atoms with E-state index in [2.05, 4.69) is 27.5 Å². The number of rotatable bonds is 0. The first-order chi connectivity index (χ1) is 5.66. The third kappa shape index (κ3) is 1.08. The Morgan fingerprint density at radius 3 is 3.08 bits per heavy atom. The summed E-state index contributed by atoms with van der Waals surface area (Å²) in [5, 5.41) is 0. The van der Waals surface area contributed by atoms with Crippen molar-refractivity contribution in [2.75, 3.05) is 0 Å². The van der Waals surface area contributed by atoms with E-state index in [0.717, 1.165) is 0 Å². The van der Waals surface area contributed by atoms with Gasteiger partial charge in [-0.15, -0.1) is 0 Å². The highest BCUT2D eigenvalue weighted by Gasteiger charge is 2.14. The molecule has 2 heterocycles. The fourth-order valence-electron chi connectivity index (χ4n) is 1.08. The number of fused-ring (bicyclic) bond motifs is 1. The lowest BCUT2D eigenvalue weighted by Gasteiger charge is -1.84. The van der Waals surface area contributed by atoms with Crippen LogP contribution in [0.4, 0.5) is 4.39 Å². The van der Waals surface area contributed by atoms with Gasteiger partial charge in [0.05, 0.1) is 4.47 Å². The molecule has 2 rings (SSSR count). The van der Waals surface area contributed by atoms with Crippen molar-refractivity contribution < 1.29 is 8.63 Å². The number of halogens is 2. The zero-order chi connectivity index (χ0) is 8.72. The van der Waals surface area contributed by atoms with E-state index in [9.17, 15) is 4.39 Å². The number of pyridine rings is 1. The Balaban J connectivity index is 2.95. The molecule has 1 aromatic rings. The molecular formula is C8H5BrFN2+. The van der Waals surface area contributed by atoms with E-state index < -0.39 is 0 Å². The first-order valence-electron chi connectivity index (χ1n) is 3.32. The van der Waals surface area contributed by atoms with E-state index in [-0.39, 0.29) is 5.82 Å². The number of allylic oxidation sites excluding steroid dienone is 1. The van der Waals surface area contributed by atoms with Gasteiger partial charge in [0.15, 0.2) is 0 Å². The summed E-state index contributed by atoms with van der Waals surface area (Å²) >= 11 is 3.18. The van der Waals surface area contributed by atoms with Crippen LogP contribution in [0.3, 0.4) is 0 Å². The SMILES string of the molecule is C=C1C=[n+]2cc(Br)cc(F)c2=N1. The lowest BCUT2D eigenvalue weighted by Crippen LogP contribution is -2.36. The van der Waals surface area contributed by atoms with E-state index in [4.69, 9.17) is 0 Å². The molecule has 0 spiro atoms. The van der Waals surface area contributed by atoms with Crippen LogP contribution in [0.25, 0.3) is 0 Å².